The van der Waals surface area contributed by atoms with Crippen LogP contribution in [0.4, 0.5) is 0 Å². The highest BCUT2D eigenvalue weighted by Gasteiger charge is 2.23. The van der Waals surface area contributed by atoms with Gasteiger partial charge in [-0.1, -0.05) is 49.1 Å². The van der Waals surface area contributed by atoms with Crippen LogP contribution in [0.3, 0.4) is 0 Å². The molecule has 3 nitrogen and oxygen atoms in total. The average molecular weight is 272 g/mol. The molecule has 0 aromatic heterocycles. The minimum atomic E-state index is -0.939. The maximum absolute atomic E-state index is 11.2. The molecule has 2 rings (SSSR count). The number of carbonyl (C=O) groups is 1. The molecule has 1 fully saturated rings. The highest BCUT2D eigenvalue weighted by atomic mass is 16.5. The molecule has 1 aromatic rings. The Kier molecular flexibility index (Phi) is 5.13. The third-order valence-corrected chi connectivity index (χ3v) is 3.58. The molecule has 1 heterocycles. The third kappa shape index (κ3) is 4.07. The summed E-state index contributed by atoms with van der Waals surface area (Å²) in [7, 11) is 0. The number of hydrogen-bond acceptors (Lipinski definition) is 2. The summed E-state index contributed by atoms with van der Waals surface area (Å²) in [6, 6.07) is 9.85. The van der Waals surface area contributed by atoms with E-state index in [2.05, 4.69) is 6.58 Å². The monoisotopic (exact) mass is 272 g/mol. The lowest BCUT2D eigenvalue weighted by molar-refractivity contribution is -0.133. The largest absolute Gasteiger partial charge is 0.478 e. The third-order valence-electron chi connectivity index (χ3n) is 3.58. The zero-order valence-corrected chi connectivity index (χ0v) is 11.5. The first kappa shape index (κ1) is 14.5. The van der Waals surface area contributed by atoms with Gasteiger partial charge in [0.2, 0.25) is 0 Å². The van der Waals surface area contributed by atoms with E-state index < -0.39 is 5.97 Å². The Hall–Kier alpha value is -1.87. The van der Waals surface area contributed by atoms with E-state index in [0.717, 1.165) is 25.0 Å². The topological polar surface area (TPSA) is 46.5 Å². The van der Waals surface area contributed by atoms with Gasteiger partial charge in [-0.2, -0.15) is 0 Å². The van der Waals surface area contributed by atoms with Crippen molar-refractivity contribution in [2.75, 3.05) is 6.61 Å². The molecule has 1 saturated heterocycles. The Labute approximate surface area is 119 Å². The van der Waals surface area contributed by atoms with E-state index in [9.17, 15) is 4.79 Å². The molecule has 1 aliphatic heterocycles. The van der Waals surface area contributed by atoms with Gasteiger partial charge in [-0.3, -0.25) is 0 Å². The van der Waals surface area contributed by atoms with Crippen LogP contribution in [0.15, 0.2) is 48.6 Å². The summed E-state index contributed by atoms with van der Waals surface area (Å²) in [6.45, 7) is 4.48. The van der Waals surface area contributed by atoms with Crippen molar-refractivity contribution in [3.8, 4) is 0 Å². The van der Waals surface area contributed by atoms with Gasteiger partial charge in [0, 0.05) is 18.1 Å². The number of allylic oxidation sites excluding steroid dienone is 1. The van der Waals surface area contributed by atoms with Crippen molar-refractivity contribution in [1.29, 1.82) is 0 Å². The van der Waals surface area contributed by atoms with E-state index in [0.29, 0.717) is 6.42 Å². The van der Waals surface area contributed by atoms with Gasteiger partial charge in [0.1, 0.15) is 0 Å². The molecule has 1 aromatic carbocycles. The fourth-order valence-corrected chi connectivity index (χ4v) is 2.40. The molecule has 0 radical (unpaired) electrons. The van der Waals surface area contributed by atoms with Gasteiger partial charge in [-0.15, -0.1) is 0 Å². The number of aliphatic carboxylic acids is 1. The molecule has 0 bridgehead atoms. The van der Waals surface area contributed by atoms with Crippen LogP contribution in [0.1, 0.15) is 24.8 Å². The van der Waals surface area contributed by atoms with Gasteiger partial charge in [0.25, 0.3) is 0 Å². The molecule has 1 aliphatic rings. The highest BCUT2D eigenvalue weighted by Crippen LogP contribution is 2.25. The van der Waals surface area contributed by atoms with E-state index in [1.165, 1.54) is 0 Å². The molecule has 0 saturated carbocycles. The molecular formula is C17H20O3. The second-order valence-corrected chi connectivity index (χ2v) is 5.08. The van der Waals surface area contributed by atoms with Crippen molar-refractivity contribution in [2.24, 2.45) is 5.92 Å². The molecule has 0 spiro atoms. The van der Waals surface area contributed by atoms with E-state index in [-0.39, 0.29) is 17.6 Å². The summed E-state index contributed by atoms with van der Waals surface area (Å²) in [5.74, 6) is -1.12. The number of benzene rings is 1. The summed E-state index contributed by atoms with van der Waals surface area (Å²) in [5, 5.41) is 9.15. The minimum Gasteiger partial charge on any atom is -0.478 e. The van der Waals surface area contributed by atoms with Crippen molar-refractivity contribution in [1.82, 2.24) is 0 Å². The summed E-state index contributed by atoms with van der Waals surface area (Å²) < 4.78 is 5.60. The van der Waals surface area contributed by atoms with Crippen molar-refractivity contribution >= 4 is 12.0 Å². The lowest BCUT2D eigenvalue weighted by atomic mass is 9.92. The van der Waals surface area contributed by atoms with E-state index in [1.54, 1.807) is 0 Å². The molecular weight excluding hydrogens is 252 g/mol. The maximum atomic E-state index is 11.2. The fraction of sp³-hybridized carbons (Fsp3) is 0.353. The van der Waals surface area contributed by atoms with Crippen LogP contribution in [0.5, 0.6) is 0 Å². The van der Waals surface area contributed by atoms with Gasteiger partial charge >= 0.3 is 5.97 Å². The molecule has 2 unspecified atom stereocenters. The summed E-state index contributed by atoms with van der Waals surface area (Å²) >= 11 is 0. The van der Waals surface area contributed by atoms with Crippen molar-refractivity contribution in [2.45, 2.75) is 25.4 Å². The first-order valence-corrected chi connectivity index (χ1v) is 6.94. The van der Waals surface area contributed by atoms with Crippen LogP contribution in [0, 0.1) is 5.92 Å². The lowest BCUT2D eigenvalue weighted by Crippen LogP contribution is -2.16. The number of hydrogen-bond donors (Lipinski definition) is 1. The Balaban J connectivity index is 2.07. The summed E-state index contributed by atoms with van der Waals surface area (Å²) in [4.78, 5) is 11.2. The maximum Gasteiger partial charge on any atom is 0.331 e. The van der Waals surface area contributed by atoms with Gasteiger partial charge in [-0.25, -0.2) is 4.79 Å². The van der Waals surface area contributed by atoms with Crippen LogP contribution in [0.2, 0.25) is 0 Å². The molecule has 106 valence electrons. The normalized spacial score (nSPS) is 20.1. The van der Waals surface area contributed by atoms with Crippen LogP contribution in [-0.2, 0) is 9.53 Å². The summed E-state index contributed by atoms with van der Waals surface area (Å²) in [5.41, 5.74) is 1.29. The quantitative estimate of drug-likeness (QED) is 0.806. The first-order chi connectivity index (χ1) is 9.66. The highest BCUT2D eigenvalue weighted by molar-refractivity contribution is 5.87. The van der Waals surface area contributed by atoms with Crippen LogP contribution in [0.25, 0.3) is 6.08 Å². The van der Waals surface area contributed by atoms with Gasteiger partial charge in [0.15, 0.2) is 0 Å². The second-order valence-electron chi connectivity index (χ2n) is 5.08. The molecule has 3 heteroatoms. The van der Waals surface area contributed by atoms with Crippen molar-refractivity contribution < 1.29 is 14.6 Å². The Morgan fingerprint density at radius 2 is 2.20 bits per heavy atom. The predicted molar refractivity (Wildman–Crippen MR) is 79.3 cm³/mol. The first-order valence-electron chi connectivity index (χ1n) is 6.94. The predicted octanol–water partition coefficient (Wildman–Crippen LogP) is 3.53. The molecule has 0 amide bonds. The standard InChI is InChI=1S/C17H20O3/c1-13(17(18)19)15(12-16-8-5-11-20-16)10-9-14-6-3-2-4-7-14/h2-4,6-7,9-10,15-16H,1,5,8,11-12H2,(H,18,19). The van der Waals surface area contributed by atoms with Gasteiger partial charge in [-0.05, 0) is 24.8 Å². The number of carboxylic acid groups (broad SMARTS) is 1. The number of rotatable bonds is 6. The summed E-state index contributed by atoms with van der Waals surface area (Å²) in [6.07, 6.45) is 6.77. The van der Waals surface area contributed by atoms with Crippen molar-refractivity contribution in [3.63, 3.8) is 0 Å². The fourth-order valence-electron chi connectivity index (χ4n) is 2.40. The molecule has 0 aliphatic carbocycles. The van der Waals surface area contributed by atoms with E-state index in [4.69, 9.17) is 9.84 Å². The zero-order chi connectivity index (χ0) is 14.4. The Morgan fingerprint density at radius 3 is 2.80 bits per heavy atom. The Bertz CT molecular complexity index is 484. The average Bonchev–Trinajstić information content (AvgIpc) is 2.96. The Morgan fingerprint density at radius 1 is 1.45 bits per heavy atom. The lowest BCUT2D eigenvalue weighted by Gasteiger charge is -2.17. The van der Waals surface area contributed by atoms with Crippen LogP contribution < -0.4 is 0 Å². The number of ether oxygens (including phenoxy) is 1. The van der Waals surface area contributed by atoms with Gasteiger partial charge < -0.3 is 9.84 Å². The molecule has 2 atom stereocenters. The molecule has 20 heavy (non-hydrogen) atoms. The van der Waals surface area contributed by atoms with E-state index in [1.807, 2.05) is 42.5 Å². The van der Waals surface area contributed by atoms with Crippen LogP contribution in [-0.4, -0.2) is 23.8 Å². The molecule has 1 N–H and O–H groups in total. The number of carboxylic acids is 1. The van der Waals surface area contributed by atoms with Gasteiger partial charge in [0.05, 0.1) is 6.10 Å². The van der Waals surface area contributed by atoms with E-state index >= 15 is 0 Å². The second kappa shape index (κ2) is 7.06. The minimum absolute atomic E-state index is 0.150. The van der Waals surface area contributed by atoms with Crippen molar-refractivity contribution in [3.05, 3.63) is 54.1 Å². The smallest absolute Gasteiger partial charge is 0.331 e. The zero-order valence-electron chi connectivity index (χ0n) is 11.5. The SMILES string of the molecule is C=C(C(=O)O)C(C=Cc1ccccc1)CC1CCCO1. The van der Waals surface area contributed by atoms with Crippen LogP contribution >= 0.6 is 0 Å².